The number of sulfone groups is 1. The van der Waals surface area contributed by atoms with E-state index in [9.17, 15) is 17.6 Å². The van der Waals surface area contributed by atoms with Crippen LogP contribution in [0.2, 0.25) is 5.02 Å². The van der Waals surface area contributed by atoms with Crippen LogP contribution in [0.5, 0.6) is 0 Å². The lowest BCUT2D eigenvalue weighted by molar-refractivity contribution is -0.172. The highest BCUT2D eigenvalue weighted by Crippen LogP contribution is 2.42. The summed E-state index contributed by atoms with van der Waals surface area (Å²) in [4.78, 5) is 19.9. The Morgan fingerprint density at radius 2 is 1.80 bits per heavy atom. The zero-order chi connectivity index (χ0) is 34.4. The van der Waals surface area contributed by atoms with Crippen molar-refractivity contribution in [2.75, 3.05) is 18.1 Å². The van der Waals surface area contributed by atoms with Crippen LogP contribution in [0, 0.1) is 24.0 Å². The Morgan fingerprint density at radius 1 is 1.13 bits per heavy atom. The second kappa shape index (κ2) is 12.8. The molecule has 1 saturated heterocycles. The molecule has 3 aromatic rings. The van der Waals surface area contributed by atoms with E-state index in [1.54, 1.807) is 39.0 Å². The van der Waals surface area contributed by atoms with Crippen molar-refractivity contribution >= 4 is 39.0 Å². The van der Waals surface area contributed by atoms with E-state index in [4.69, 9.17) is 16.3 Å². The van der Waals surface area contributed by atoms with Crippen LogP contribution >= 0.6 is 11.6 Å². The third-order valence-electron chi connectivity index (χ3n) is 8.10. The number of anilines is 2. The lowest BCUT2D eigenvalue weighted by Gasteiger charge is -2.45. The predicted molar refractivity (Wildman–Crippen MR) is 175 cm³/mol. The van der Waals surface area contributed by atoms with Gasteiger partial charge in [-0.05, 0) is 80.8 Å². The summed E-state index contributed by atoms with van der Waals surface area (Å²) in [6.45, 7) is 15.7. The number of ether oxygens (including phenoxy) is 1. The minimum Gasteiger partial charge on any atom is -0.460 e. The van der Waals surface area contributed by atoms with E-state index in [-0.39, 0.29) is 53.9 Å². The van der Waals surface area contributed by atoms with Gasteiger partial charge < -0.3 is 10.1 Å². The minimum absolute atomic E-state index is 0.0299. The number of hydrogen-bond acceptors (Lipinski definition) is 8. The molecule has 0 amide bonds. The first-order valence-electron chi connectivity index (χ1n) is 15.2. The van der Waals surface area contributed by atoms with Crippen molar-refractivity contribution < 1.29 is 26.7 Å². The summed E-state index contributed by atoms with van der Waals surface area (Å²) < 4.78 is 64.0. The number of carbonyl (C=O) groups excluding carboxylic acids is 1. The summed E-state index contributed by atoms with van der Waals surface area (Å²) in [7, 11) is -4.02. The van der Waals surface area contributed by atoms with Gasteiger partial charge in [-0.2, -0.15) is 5.10 Å². The van der Waals surface area contributed by atoms with Gasteiger partial charge in [0.25, 0.3) is 0 Å². The Balaban J connectivity index is 1.73. The smallest absolute Gasteiger partial charge is 0.313 e. The number of pyridine rings is 1. The summed E-state index contributed by atoms with van der Waals surface area (Å²) in [6.07, 6.45) is 1.21. The lowest BCUT2D eigenvalue weighted by atomic mass is 9.72. The Morgan fingerprint density at radius 3 is 2.37 bits per heavy atom. The largest absolute Gasteiger partial charge is 0.460 e. The van der Waals surface area contributed by atoms with E-state index < -0.39 is 43.4 Å². The maximum Gasteiger partial charge on any atom is 0.313 e. The predicted octanol–water partition coefficient (Wildman–Crippen LogP) is 6.98. The van der Waals surface area contributed by atoms with Crippen LogP contribution in [0.4, 0.5) is 20.4 Å². The Bertz CT molecular complexity index is 1730. The second-order valence-electron chi connectivity index (χ2n) is 14.4. The highest BCUT2D eigenvalue weighted by Gasteiger charge is 2.48. The fourth-order valence-corrected chi connectivity index (χ4v) is 6.94. The van der Waals surface area contributed by atoms with Gasteiger partial charge in [0.2, 0.25) is 0 Å². The first-order chi connectivity index (χ1) is 21.1. The summed E-state index contributed by atoms with van der Waals surface area (Å²) in [5.74, 6) is -1.54. The number of piperidine rings is 1. The van der Waals surface area contributed by atoms with Gasteiger partial charge in [0.1, 0.15) is 22.1 Å². The monoisotopic (exact) mass is 679 g/mol. The molecule has 1 N–H and O–H groups in total. The fourth-order valence-electron chi connectivity index (χ4n) is 5.98. The zero-order valence-electron chi connectivity index (χ0n) is 28.0. The molecule has 13 heteroatoms. The number of rotatable bonds is 8. The molecule has 2 aromatic heterocycles. The van der Waals surface area contributed by atoms with Gasteiger partial charge in [0, 0.05) is 48.7 Å². The summed E-state index contributed by atoms with van der Waals surface area (Å²) in [6, 6.07) is 7.52. The highest BCUT2D eigenvalue weighted by atomic mass is 35.5. The number of likely N-dealkylation sites (tertiary alicyclic amines) is 1. The number of halogens is 3. The van der Waals surface area contributed by atoms with Gasteiger partial charge in [-0.3, -0.25) is 14.4 Å². The molecule has 0 aliphatic carbocycles. The summed E-state index contributed by atoms with van der Waals surface area (Å²) >= 11 is 6.01. The fraction of sp³-hybridized carbons (Fsp3) is 0.545. The molecule has 0 unspecified atom stereocenters. The number of nitrogens with zero attached hydrogens (tertiary/aromatic N) is 4. The second-order valence-corrected chi connectivity index (χ2v) is 16.8. The van der Waals surface area contributed by atoms with Gasteiger partial charge in [0.05, 0.1) is 21.7 Å². The molecule has 0 bridgehead atoms. The topological polar surface area (TPSA) is 106 Å². The van der Waals surface area contributed by atoms with Gasteiger partial charge >= 0.3 is 5.97 Å². The minimum atomic E-state index is -4.02. The van der Waals surface area contributed by atoms with Gasteiger partial charge in [0.15, 0.2) is 21.5 Å². The van der Waals surface area contributed by atoms with Gasteiger partial charge in [-0.15, -0.1) is 0 Å². The third kappa shape index (κ3) is 8.06. The average Bonchev–Trinajstić information content (AvgIpc) is 3.28. The molecule has 252 valence electrons. The molecular weight excluding hydrogens is 636 g/mol. The van der Waals surface area contributed by atoms with Gasteiger partial charge in [-0.25, -0.2) is 22.2 Å². The van der Waals surface area contributed by atoms with Crippen molar-refractivity contribution in [2.24, 2.45) is 5.41 Å². The molecule has 0 radical (unpaired) electrons. The molecule has 1 aliphatic heterocycles. The first kappa shape index (κ1) is 35.8. The first-order valence-corrected chi connectivity index (χ1v) is 17.5. The van der Waals surface area contributed by atoms with E-state index in [2.05, 4.69) is 15.4 Å². The van der Waals surface area contributed by atoms with Crippen LogP contribution in [0.25, 0.3) is 0 Å². The number of carbonyl (C=O) groups is 1. The molecule has 9 nitrogen and oxygen atoms in total. The molecule has 1 aliphatic rings. The van der Waals surface area contributed by atoms with E-state index in [1.807, 2.05) is 44.2 Å². The van der Waals surface area contributed by atoms with E-state index in [1.165, 1.54) is 6.07 Å². The van der Waals surface area contributed by atoms with Crippen molar-refractivity contribution in [3.63, 3.8) is 0 Å². The van der Waals surface area contributed by atoms with Crippen LogP contribution in [-0.2, 0) is 37.9 Å². The Hall–Kier alpha value is -3.09. The lowest BCUT2D eigenvalue weighted by Crippen LogP contribution is -2.51. The van der Waals surface area contributed by atoms with E-state index in [0.29, 0.717) is 17.9 Å². The van der Waals surface area contributed by atoms with E-state index in [0.717, 1.165) is 18.0 Å². The van der Waals surface area contributed by atoms with Crippen molar-refractivity contribution in [3.8, 4) is 0 Å². The van der Waals surface area contributed by atoms with Crippen molar-refractivity contribution in [2.45, 2.75) is 103 Å². The molecular formula is C33H44ClF2N5O4S. The molecule has 46 heavy (non-hydrogen) atoms. The Labute approximate surface area is 275 Å². The molecule has 0 saturated carbocycles. The SMILES string of the molecule is Cc1cc(Nc2cc(S(C)(=O)=O)c(F)c(C[C@@]3(C(=O)OC(C)(C)C)CCN(Cc4cccc(Cl)c4F)[C@H](C)C3)n2)nn1C(C)(C)C. The third-order valence-corrected chi connectivity index (χ3v) is 9.49. The normalized spacial score (nSPS) is 19.7. The molecule has 1 aromatic carbocycles. The van der Waals surface area contributed by atoms with E-state index >= 15 is 4.39 Å². The number of benzene rings is 1. The Kier molecular flexibility index (Phi) is 9.98. The number of nitrogens with one attached hydrogen (secondary N) is 1. The maximum absolute atomic E-state index is 16.1. The zero-order valence-corrected chi connectivity index (χ0v) is 29.5. The van der Waals surface area contributed by atoms with Crippen LogP contribution in [0.3, 0.4) is 0 Å². The molecule has 2 atom stereocenters. The number of aromatic nitrogens is 3. The number of esters is 1. The van der Waals surface area contributed by atoms with Crippen LogP contribution in [-0.4, -0.2) is 58.5 Å². The van der Waals surface area contributed by atoms with Crippen LogP contribution in [0.1, 0.15) is 78.3 Å². The molecule has 1 fully saturated rings. The summed E-state index contributed by atoms with van der Waals surface area (Å²) in [5.41, 5.74) is -1.26. The van der Waals surface area contributed by atoms with Crippen LogP contribution in [0.15, 0.2) is 35.2 Å². The molecule has 0 spiro atoms. The van der Waals surface area contributed by atoms with Crippen molar-refractivity contribution in [3.05, 3.63) is 63.9 Å². The highest BCUT2D eigenvalue weighted by molar-refractivity contribution is 7.90. The molecule has 3 heterocycles. The molecule has 4 rings (SSSR count). The average molecular weight is 680 g/mol. The van der Waals surface area contributed by atoms with Crippen molar-refractivity contribution in [1.82, 2.24) is 19.7 Å². The van der Waals surface area contributed by atoms with Crippen molar-refractivity contribution in [1.29, 1.82) is 0 Å². The quantitative estimate of drug-likeness (QED) is 0.254. The van der Waals surface area contributed by atoms with Gasteiger partial charge in [-0.1, -0.05) is 23.7 Å². The summed E-state index contributed by atoms with van der Waals surface area (Å²) in [5, 5.41) is 7.66. The van der Waals surface area contributed by atoms with Crippen LogP contribution < -0.4 is 5.32 Å². The number of hydrogen-bond donors (Lipinski definition) is 1. The maximum atomic E-state index is 16.1. The number of aryl methyl sites for hydroxylation is 1. The standard InChI is InChI=1S/C33H44ClF2N5O4S/c1-20-15-27(39-41(20)31(3,4)5)38-26-16-25(46(9,43)44)29(36)24(37-26)18-33(30(42)45-32(6,7)8)13-14-40(21(2)17-33)19-22-11-10-12-23(34)28(22)35/h10-12,15-16,21H,13-14,17-19H2,1-9H3,(H,37,38,39)/t21-,33-/m1/s1.